The molecule has 0 spiro atoms. The van der Waals surface area contributed by atoms with E-state index in [1.807, 2.05) is 0 Å². The van der Waals surface area contributed by atoms with Gasteiger partial charge in [-0.3, -0.25) is 0 Å². The molecule has 1 N–H and O–H groups in total. The second kappa shape index (κ2) is 4.67. The Hall–Kier alpha value is -1.34. The maximum Gasteiger partial charge on any atom is 0.432 e. The van der Waals surface area contributed by atoms with Crippen molar-refractivity contribution < 1.29 is 14.5 Å². The number of carboxylic acid groups (broad SMARTS) is 1. The largest absolute Gasteiger partial charge is 0.591 e. The minimum absolute atomic E-state index is 0.431. The molecule has 0 fully saturated rings. The summed E-state index contributed by atoms with van der Waals surface area (Å²) in [5.41, 5.74) is 0.500. The number of aromatic nitrogens is 2. The molecule has 0 bridgehead atoms. The summed E-state index contributed by atoms with van der Waals surface area (Å²) < 4.78 is 15.7. The first kappa shape index (κ1) is 12.7. The SMILES string of the molecule is CC(C)(C)[S+]([O-])N=Cc1cnn(C(=O)O)c1. The molecule has 0 aliphatic rings. The standard InChI is InChI=1S/C9H13N3O3S/c1-9(2,3)16(15)11-5-7-4-10-12(6-7)8(13)14/h4-6H,1-3H3,(H,13,14). The molecular formula is C9H13N3O3S. The Morgan fingerprint density at radius 3 is 2.75 bits per heavy atom. The maximum atomic E-state index is 11.5. The summed E-state index contributed by atoms with van der Waals surface area (Å²) in [5, 5.41) is 12.2. The number of hydrogen-bond acceptors (Lipinski definition) is 4. The van der Waals surface area contributed by atoms with Crippen LogP contribution in [0.1, 0.15) is 26.3 Å². The van der Waals surface area contributed by atoms with E-state index in [4.69, 9.17) is 5.11 Å². The Labute approximate surface area is 96.3 Å². The van der Waals surface area contributed by atoms with Gasteiger partial charge in [-0.15, -0.1) is 0 Å². The van der Waals surface area contributed by atoms with Gasteiger partial charge in [-0.2, -0.15) is 9.78 Å². The molecule has 7 heteroatoms. The highest BCUT2D eigenvalue weighted by molar-refractivity contribution is 7.91. The average Bonchev–Trinajstić information content (AvgIpc) is 2.60. The van der Waals surface area contributed by atoms with Crippen LogP contribution in [-0.4, -0.2) is 36.5 Å². The Kier molecular flexibility index (Phi) is 3.71. The van der Waals surface area contributed by atoms with Crippen LogP contribution in [0, 0.1) is 0 Å². The van der Waals surface area contributed by atoms with E-state index in [2.05, 4.69) is 9.50 Å². The zero-order valence-electron chi connectivity index (χ0n) is 9.25. The lowest BCUT2D eigenvalue weighted by Gasteiger charge is -2.17. The number of nitrogens with zero attached hydrogens (tertiary/aromatic N) is 3. The molecule has 0 saturated heterocycles. The Morgan fingerprint density at radius 1 is 1.69 bits per heavy atom. The molecule has 1 aromatic rings. The van der Waals surface area contributed by atoms with Crippen molar-refractivity contribution in [2.45, 2.75) is 25.5 Å². The summed E-state index contributed by atoms with van der Waals surface area (Å²) in [7, 11) is 0. The molecule has 1 unspecified atom stereocenters. The normalized spacial score (nSPS) is 14.2. The van der Waals surface area contributed by atoms with Crippen LogP contribution in [0.5, 0.6) is 0 Å². The van der Waals surface area contributed by atoms with Crippen LogP contribution in [-0.2, 0) is 11.4 Å². The zero-order chi connectivity index (χ0) is 12.3. The van der Waals surface area contributed by atoms with Crippen LogP contribution in [0.4, 0.5) is 4.79 Å². The topological polar surface area (TPSA) is 90.5 Å². The first-order valence-corrected chi connectivity index (χ1v) is 5.65. The second-order valence-corrected chi connectivity index (χ2v) is 6.03. The molecule has 16 heavy (non-hydrogen) atoms. The lowest BCUT2D eigenvalue weighted by molar-refractivity contribution is 0.192. The summed E-state index contributed by atoms with van der Waals surface area (Å²) in [5.74, 6) is 0. The van der Waals surface area contributed by atoms with Crippen molar-refractivity contribution in [2.75, 3.05) is 0 Å². The Morgan fingerprint density at radius 2 is 2.31 bits per heavy atom. The van der Waals surface area contributed by atoms with Gasteiger partial charge in [-0.1, -0.05) is 4.40 Å². The molecule has 0 aliphatic heterocycles. The number of hydrogen-bond donors (Lipinski definition) is 1. The Balaban J connectivity index is 2.73. The van der Waals surface area contributed by atoms with E-state index in [-0.39, 0.29) is 0 Å². The van der Waals surface area contributed by atoms with Crippen LogP contribution in [0.15, 0.2) is 16.8 Å². The van der Waals surface area contributed by atoms with Gasteiger partial charge in [0.25, 0.3) is 0 Å². The summed E-state index contributed by atoms with van der Waals surface area (Å²) in [6, 6.07) is 0. The minimum Gasteiger partial charge on any atom is -0.591 e. The summed E-state index contributed by atoms with van der Waals surface area (Å²) in [6.45, 7) is 5.42. The molecule has 88 valence electrons. The fourth-order valence-electron chi connectivity index (χ4n) is 0.775. The van der Waals surface area contributed by atoms with Crippen LogP contribution >= 0.6 is 0 Å². The van der Waals surface area contributed by atoms with Gasteiger partial charge in [0.2, 0.25) is 0 Å². The highest BCUT2D eigenvalue weighted by Crippen LogP contribution is 2.16. The van der Waals surface area contributed by atoms with E-state index >= 15 is 0 Å². The highest BCUT2D eigenvalue weighted by Gasteiger charge is 2.25. The molecule has 1 rings (SSSR count). The molecule has 1 atom stereocenters. The second-order valence-electron chi connectivity index (χ2n) is 4.10. The Bertz CT molecular complexity index is 408. The number of rotatable bonds is 2. The van der Waals surface area contributed by atoms with Gasteiger partial charge in [0.1, 0.15) is 16.1 Å². The lowest BCUT2D eigenvalue weighted by Crippen LogP contribution is -2.25. The molecule has 0 saturated carbocycles. The van der Waals surface area contributed by atoms with Gasteiger partial charge in [-0.25, -0.2) is 4.79 Å². The van der Waals surface area contributed by atoms with Crippen molar-refractivity contribution >= 4 is 23.7 Å². The molecule has 1 heterocycles. The maximum absolute atomic E-state index is 11.5. The first-order valence-electron chi connectivity index (χ1n) is 4.55. The van der Waals surface area contributed by atoms with E-state index in [9.17, 15) is 9.35 Å². The van der Waals surface area contributed by atoms with E-state index in [0.29, 0.717) is 5.56 Å². The van der Waals surface area contributed by atoms with E-state index in [0.717, 1.165) is 4.68 Å². The smallest absolute Gasteiger partial charge is 0.432 e. The van der Waals surface area contributed by atoms with Gasteiger partial charge in [0, 0.05) is 11.8 Å². The summed E-state index contributed by atoms with van der Waals surface area (Å²) in [4.78, 5) is 10.5. The van der Waals surface area contributed by atoms with Crippen molar-refractivity contribution in [3.63, 3.8) is 0 Å². The average molecular weight is 243 g/mol. The van der Waals surface area contributed by atoms with E-state index < -0.39 is 22.2 Å². The van der Waals surface area contributed by atoms with Crippen molar-refractivity contribution in [3.8, 4) is 0 Å². The highest BCUT2D eigenvalue weighted by atomic mass is 32.2. The molecule has 6 nitrogen and oxygen atoms in total. The van der Waals surface area contributed by atoms with Crippen molar-refractivity contribution in [1.82, 2.24) is 9.78 Å². The quantitative estimate of drug-likeness (QED) is 0.626. The van der Waals surface area contributed by atoms with Crippen molar-refractivity contribution in [2.24, 2.45) is 4.40 Å². The van der Waals surface area contributed by atoms with Gasteiger partial charge in [0.05, 0.1) is 12.4 Å². The molecule has 0 aromatic carbocycles. The molecular weight excluding hydrogens is 230 g/mol. The third-order valence-electron chi connectivity index (χ3n) is 1.62. The van der Waals surface area contributed by atoms with Gasteiger partial charge in [-0.05, 0) is 20.8 Å². The predicted octanol–water partition coefficient (Wildman–Crippen LogP) is 1.29. The van der Waals surface area contributed by atoms with Crippen molar-refractivity contribution in [3.05, 3.63) is 18.0 Å². The monoisotopic (exact) mass is 243 g/mol. The third-order valence-corrected chi connectivity index (χ3v) is 2.96. The minimum atomic E-state index is -1.35. The van der Waals surface area contributed by atoms with E-state index in [1.54, 1.807) is 20.8 Å². The number of carbonyl (C=O) groups is 1. The summed E-state index contributed by atoms with van der Waals surface area (Å²) >= 11 is -1.35. The summed E-state index contributed by atoms with van der Waals surface area (Å²) in [6.07, 6.45) is 2.83. The molecule has 0 radical (unpaired) electrons. The van der Waals surface area contributed by atoms with Gasteiger partial charge < -0.3 is 9.66 Å². The van der Waals surface area contributed by atoms with Crippen LogP contribution < -0.4 is 0 Å². The fourth-order valence-corrected chi connectivity index (χ4v) is 1.31. The zero-order valence-corrected chi connectivity index (χ0v) is 10.1. The van der Waals surface area contributed by atoms with E-state index in [1.165, 1.54) is 18.6 Å². The predicted molar refractivity (Wildman–Crippen MR) is 61.1 cm³/mol. The third kappa shape index (κ3) is 3.35. The molecule has 0 amide bonds. The van der Waals surface area contributed by atoms with Crippen LogP contribution in [0.2, 0.25) is 0 Å². The fraction of sp³-hybridized carbons (Fsp3) is 0.444. The first-order chi connectivity index (χ1) is 7.30. The van der Waals surface area contributed by atoms with Crippen LogP contribution in [0.25, 0.3) is 0 Å². The van der Waals surface area contributed by atoms with Gasteiger partial charge >= 0.3 is 6.09 Å². The van der Waals surface area contributed by atoms with Gasteiger partial charge in [0.15, 0.2) is 0 Å². The lowest BCUT2D eigenvalue weighted by atomic mass is 10.3. The molecule has 1 aromatic heterocycles. The van der Waals surface area contributed by atoms with Crippen LogP contribution in [0.3, 0.4) is 0 Å². The van der Waals surface area contributed by atoms with Crippen molar-refractivity contribution in [1.29, 1.82) is 0 Å². The molecule has 0 aliphatic carbocycles.